The molecule has 0 N–H and O–H groups in total. The van der Waals surface area contributed by atoms with E-state index >= 15 is 0 Å². The zero-order chi connectivity index (χ0) is 14.4. The molecule has 0 spiro atoms. The summed E-state index contributed by atoms with van der Waals surface area (Å²) >= 11 is 0. The van der Waals surface area contributed by atoms with Crippen LogP contribution in [0.5, 0.6) is 0 Å². The zero-order valence-corrected chi connectivity index (χ0v) is 13.4. The fraction of sp³-hybridized carbons (Fsp3) is 0.944. The van der Waals surface area contributed by atoms with E-state index in [0.29, 0.717) is 12.3 Å². The second kappa shape index (κ2) is 8.05. The maximum Gasteiger partial charge on any atom is 0.305 e. The van der Waals surface area contributed by atoms with Crippen LogP contribution in [0.3, 0.4) is 0 Å². The fourth-order valence-corrected chi connectivity index (χ4v) is 4.54. The first-order valence-electron chi connectivity index (χ1n) is 8.79. The van der Waals surface area contributed by atoms with E-state index in [4.69, 9.17) is 4.74 Å². The average Bonchev–Trinajstić information content (AvgIpc) is 2.49. The molecule has 2 rings (SSSR count). The molecular formula is C18H32O2. The first kappa shape index (κ1) is 15.9. The van der Waals surface area contributed by atoms with Crippen LogP contribution in [0, 0.1) is 23.7 Å². The van der Waals surface area contributed by atoms with Crippen LogP contribution in [0.2, 0.25) is 0 Å². The smallest absolute Gasteiger partial charge is 0.305 e. The van der Waals surface area contributed by atoms with E-state index < -0.39 is 0 Å². The maximum absolute atomic E-state index is 11.3. The van der Waals surface area contributed by atoms with Crippen LogP contribution in [0.1, 0.15) is 77.6 Å². The summed E-state index contributed by atoms with van der Waals surface area (Å²) in [5.41, 5.74) is 0. The molecule has 0 aromatic rings. The minimum Gasteiger partial charge on any atom is -0.469 e. The lowest BCUT2D eigenvalue weighted by Gasteiger charge is -2.37. The number of hydrogen-bond donors (Lipinski definition) is 0. The Hall–Kier alpha value is -0.530. The normalized spacial score (nSPS) is 34.7. The summed E-state index contributed by atoms with van der Waals surface area (Å²) in [7, 11) is 1.50. The molecule has 0 aromatic carbocycles. The van der Waals surface area contributed by atoms with E-state index in [9.17, 15) is 4.79 Å². The highest BCUT2D eigenvalue weighted by Crippen LogP contribution is 2.42. The molecule has 0 aromatic heterocycles. The number of hydrogen-bond acceptors (Lipinski definition) is 2. The molecule has 2 fully saturated rings. The summed E-state index contributed by atoms with van der Waals surface area (Å²) in [6, 6.07) is 0. The fourth-order valence-electron chi connectivity index (χ4n) is 4.54. The van der Waals surface area contributed by atoms with Crippen molar-refractivity contribution in [1.29, 1.82) is 0 Å². The summed E-state index contributed by atoms with van der Waals surface area (Å²) < 4.78 is 4.79. The van der Waals surface area contributed by atoms with E-state index in [1.165, 1.54) is 71.3 Å². The summed E-state index contributed by atoms with van der Waals surface area (Å²) in [4.78, 5) is 11.3. The lowest BCUT2D eigenvalue weighted by molar-refractivity contribution is -0.142. The van der Waals surface area contributed by atoms with E-state index in [0.717, 1.165) is 17.8 Å². The predicted octanol–water partition coefficient (Wildman–Crippen LogP) is 4.96. The van der Waals surface area contributed by atoms with Gasteiger partial charge in [0.1, 0.15) is 0 Å². The van der Waals surface area contributed by atoms with Gasteiger partial charge in [-0.15, -0.1) is 0 Å². The Morgan fingerprint density at radius 1 is 0.900 bits per heavy atom. The van der Waals surface area contributed by atoms with E-state index in [2.05, 4.69) is 6.92 Å². The van der Waals surface area contributed by atoms with Gasteiger partial charge in [-0.2, -0.15) is 0 Å². The van der Waals surface area contributed by atoms with Crippen molar-refractivity contribution in [2.45, 2.75) is 77.6 Å². The number of ether oxygens (including phenoxy) is 1. The van der Waals surface area contributed by atoms with E-state index in [-0.39, 0.29) is 5.97 Å². The Labute approximate surface area is 124 Å². The molecule has 2 saturated carbocycles. The van der Waals surface area contributed by atoms with Crippen molar-refractivity contribution in [3.63, 3.8) is 0 Å². The van der Waals surface area contributed by atoms with Crippen LogP contribution in [-0.4, -0.2) is 13.1 Å². The molecule has 2 aliphatic rings. The largest absolute Gasteiger partial charge is 0.469 e. The molecule has 20 heavy (non-hydrogen) atoms. The summed E-state index contributed by atoms with van der Waals surface area (Å²) in [6.45, 7) is 2.31. The van der Waals surface area contributed by atoms with Gasteiger partial charge < -0.3 is 4.74 Å². The summed E-state index contributed by atoms with van der Waals surface area (Å²) in [5.74, 6) is 3.53. The van der Waals surface area contributed by atoms with Crippen molar-refractivity contribution in [3.05, 3.63) is 0 Å². The minimum absolute atomic E-state index is 0.0199. The van der Waals surface area contributed by atoms with Gasteiger partial charge in [0.2, 0.25) is 0 Å². The molecule has 0 saturated heterocycles. The maximum atomic E-state index is 11.3. The van der Waals surface area contributed by atoms with Crippen LogP contribution in [0.4, 0.5) is 0 Å². The topological polar surface area (TPSA) is 26.3 Å². The van der Waals surface area contributed by atoms with Crippen molar-refractivity contribution in [2.75, 3.05) is 7.11 Å². The first-order valence-corrected chi connectivity index (χ1v) is 8.79. The van der Waals surface area contributed by atoms with Gasteiger partial charge in [-0.1, -0.05) is 32.6 Å². The monoisotopic (exact) mass is 280 g/mol. The van der Waals surface area contributed by atoms with Gasteiger partial charge in [0.25, 0.3) is 0 Å². The van der Waals surface area contributed by atoms with Crippen molar-refractivity contribution in [3.8, 4) is 0 Å². The van der Waals surface area contributed by atoms with Gasteiger partial charge in [-0.25, -0.2) is 0 Å². The molecule has 0 bridgehead atoms. The van der Waals surface area contributed by atoms with Gasteiger partial charge >= 0.3 is 5.97 Å². The standard InChI is InChI=1S/C18H32O2/c1-3-4-14-5-9-16(10-6-14)17-11-7-15(8-12-17)13-18(19)20-2/h14-17H,3-13H2,1-2H3. The first-order chi connectivity index (χ1) is 9.72. The lowest BCUT2D eigenvalue weighted by atomic mass is 9.68. The van der Waals surface area contributed by atoms with Gasteiger partial charge in [-0.05, 0) is 62.2 Å². The third-order valence-corrected chi connectivity index (χ3v) is 5.83. The summed E-state index contributed by atoms with van der Waals surface area (Å²) in [6.07, 6.45) is 14.5. The molecular weight excluding hydrogens is 248 g/mol. The molecule has 2 aliphatic carbocycles. The van der Waals surface area contributed by atoms with Crippen LogP contribution < -0.4 is 0 Å². The Kier molecular flexibility index (Phi) is 6.38. The molecule has 0 unspecified atom stereocenters. The van der Waals surface area contributed by atoms with Crippen molar-refractivity contribution < 1.29 is 9.53 Å². The number of carbonyl (C=O) groups excluding carboxylic acids is 1. The number of methoxy groups -OCH3 is 1. The minimum atomic E-state index is -0.0199. The van der Waals surface area contributed by atoms with Crippen molar-refractivity contribution in [1.82, 2.24) is 0 Å². The zero-order valence-electron chi connectivity index (χ0n) is 13.4. The third kappa shape index (κ3) is 4.49. The van der Waals surface area contributed by atoms with Crippen LogP contribution in [-0.2, 0) is 9.53 Å². The molecule has 0 amide bonds. The van der Waals surface area contributed by atoms with E-state index in [1.54, 1.807) is 0 Å². The van der Waals surface area contributed by atoms with E-state index in [1.807, 2.05) is 0 Å². The second-order valence-corrected chi connectivity index (χ2v) is 7.13. The van der Waals surface area contributed by atoms with Crippen LogP contribution in [0.25, 0.3) is 0 Å². The Morgan fingerprint density at radius 3 is 1.85 bits per heavy atom. The van der Waals surface area contributed by atoms with Crippen LogP contribution >= 0.6 is 0 Å². The van der Waals surface area contributed by atoms with Crippen molar-refractivity contribution in [2.24, 2.45) is 23.7 Å². The predicted molar refractivity (Wildman–Crippen MR) is 82.4 cm³/mol. The van der Waals surface area contributed by atoms with Crippen molar-refractivity contribution >= 4 is 5.97 Å². The average molecular weight is 280 g/mol. The molecule has 2 heteroatoms. The molecule has 0 radical (unpaired) electrons. The molecule has 0 aliphatic heterocycles. The quantitative estimate of drug-likeness (QED) is 0.665. The highest BCUT2D eigenvalue weighted by atomic mass is 16.5. The molecule has 116 valence electrons. The molecule has 0 atom stereocenters. The Morgan fingerprint density at radius 2 is 1.40 bits per heavy atom. The Balaban J connectivity index is 1.68. The molecule has 0 heterocycles. The molecule has 2 nitrogen and oxygen atoms in total. The second-order valence-electron chi connectivity index (χ2n) is 7.13. The van der Waals surface area contributed by atoms with Gasteiger partial charge in [0.05, 0.1) is 7.11 Å². The lowest BCUT2D eigenvalue weighted by Crippen LogP contribution is -2.26. The number of esters is 1. The van der Waals surface area contributed by atoms with Crippen LogP contribution in [0.15, 0.2) is 0 Å². The highest BCUT2D eigenvalue weighted by Gasteiger charge is 2.31. The summed E-state index contributed by atoms with van der Waals surface area (Å²) in [5, 5.41) is 0. The van der Waals surface area contributed by atoms with Gasteiger partial charge in [0, 0.05) is 6.42 Å². The SMILES string of the molecule is CCCC1CCC(C2CCC(CC(=O)OC)CC2)CC1. The van der Waals surface area contributed by atoms with Gasteiger partial charge in [0.15, 0.2) is 0 Å². The Bertz CT molecular complexity index is 284. The third-order valence-electron chi connectivity index (χ3n) is 5.83. The highest BCUT2D eigenvalue weighted by molar-refractivity contribution is 5.69. The number of rotatable bonds is 5. The number of carbonyl (C=O) groups is 1. The van der Waals surface area contributed by atoms with Gasteiger partial charge in [-0.3, -0.25) is 4.79 Å².